The second-order valence-corrected chi connectivity index (χ2v) is 9.21. The summed E-state index contributed by atoms with van der Waals surface area (Å²) in [6, 6.07) is 7.52. The number of anilines is 3. The zero-order valence-corrected chi connectivity index (χ0v) is 21.2. The quantitative estimate of drug-likeness (QED) is 0.336. The van der Waals surface area contributed by atoms with Gasteiger partial charge >= 0.3 is 6.18 Å². The number of nitrogens with two attached hydrogens (primary N) is 1. The first kappa shape index (κ1) is 26.4. The van der Waals surface area contributed by atoms with Crippen LogP contribution in [0.15, 0.2) is 48.9 Å². The number of halogens is 4. The van der Waals surface area contributed by atoms with E-state index in [4.69, 9.17) is 10.5 Å². The molecule has 9 nitrogen and oxygen atoms in total. The van der Waals surface area contributed by atoms with Gasteiger partial charge in [0.25, 0.3) is 0 Å². The molecule has 0 amide bonds. The molecule has 0 spiro atoms. The Bertz CT molecular complexity index is 1490. The smallest absolute Gasteiger partial charge is 0.435 e. The molecule has 1 aromatic carbocycles. The molecule has 1 aliphatic heterocycles. The monoisotopic (exact) mass is 542 g/mol. The molecular formula is C26H26F4N8O. The minimum atomic E-state index is -4.64. The largest absolute Gasteiger partial charge is 0.496 e. The number of rotatable bonds is 6. The zero-order chi connectivity index (χ0) is 27.7. The Hall–Kier alpha value is -4.26. The predicted octanol–water partition coefficient (Wildman–Crippen LogP) is 4.78. The molecule has 0 bridgehead atoms. The van der Waals surface area contributed by atoms with Crippen LogP contribution in [0.3, 0.4) is 0 Å². The average molecular weight is 543 g/mol. The van der Waals surface area contributed by atoms with Gasteiger partial charge < -0.3 is 20.7 Å². The van der Waals surface area contributed by atoms with Crippen molar-refractivity contribution in [1.82, 2.24) is 24.7 Å². The highest BCUT2D eigenvalue weighted by Gasteiger charge is 2.38. The zero-order valence-electron chi connectivity index (χ0n) is 21.2. The Morgan fingerprint density at radius 2 is 1.95 bits per heavy atom. The van der Waals surface area contributed by atoms with Gasteiger partial charge in [0.05, 0.1) is 18.4 Å². The van der Waals surface area contributed by atoms with Crippen molar-refractivity contribution >= 4 is 17.3 Å². The predicted molar refractivity (Wildman–Crippen MR) is 138 cm³/mol. The fourth-order valence-electron chi connectivity index (χ4n) is 4.68. The van der Waals surface area contributed by atoms with E-state index < -0.39 is 17.7 Å². The number of hydrogen-bond donors (Lipinski definition) is 2. The number of alkyl halides is 3. The van der Waals surface area contributed by atoms with Gasteiger partial charge in [-0.15, -0.1) is 0 Å². The summed E-state index contributed by atoms with van der Waals surface area (Å²) in [4.78, 5) is 14.9. The molecular weight excluding hydrogens is 516 g/mol. The number of pyridine rings is 1. The van der Waals surface area contributed by atoms with E-state index in [9.17, 15) is 17.6 Å². The van der Waals surface area contributed by atoms with E-state index in [-0.39, 0.29) is 34.3 Å². The van der Waals surface area contributed by atoms with Crippen LogP contribution in [0.2, 0.25) is 0 Å². The molecule has 4 aromatic rings. The number of benzene rings is 1. The van der Waals surface area contributed by atoms with Crippen molar-refractivity contribution in [3.8, 4) is 28.3 Å². The van der Waals surface area contributed by atoms with Crippen LogP contribution in [0.5, 0.6) is 5.75 Å². The molecule has 39 heavy (non-hydrogen) atoms. The summed E-state index contributed by atoms with van der Waals surface area (Å²) in [7, 11) is 2.86. The minimum absolute atomic E-state index is 0.0748. The van der Waals surface area contributed by atoms with Crippen LogP contribution in [0, 0.1) is 5.82 Å². The van der Waals surface area contributed by atoms with Crippen LogP contribution >= 0.6 is 0 Å². The van der Waals surface area contributed by atoms with Gasteiger partial charge in [-0.05, 0) is 31.0 Å². The van der Waals surface area contributed by atoms with Crippen LogP contribution in [0.25, 0.3) is 22.5 Å². The third-order valence-electron chi connectivity index (χ3n) is 6.40. The van der Waals surface area contributed by atoms with Gasteiger partial charge in [0.15, 0.2) is 11.5 Å². The van der Waals surface area contributed by atoms with Crippen molar-refractivity contribution < 1.29 is 22.3 Å². The van der Waals surface area contributed by atoms with E-state index in [0.29, 0.717) is 30.4 Å². The highest BCUT2D eigenvalue weighted by atomic mass is 19.4. The molecule has 1 saturated heterocycles. The van der Waals surface area contributed by atoms with Crippen LogP contribution in [0.1, 0.15) is 18.5 Å². The SMILES string of the molecule is COc1cccc(F)c1-c1nccc(Nc2cc(N3CCC[C@H](N)C3)c(-c3cn(C)nc3C(F)(F)F)cn2)n1. The number of hydrogen-bond acceptors (Lipinski definition) is 8. The third-order valence-corrected chi connectivity index (χ3v) is 6.40. The third kappa shape index (κ3) is 5.48. The Balaban J connectivity index is 1.55. The van der Waals surface area contributed by atoms with Gasteiger partial charge in [0, 0.05) is 62.0 Å². The van der Waals surface area contributed by atoms with E-state index in [1.807, 2.05) is 4.90 Å². The highest BCUT2D eigenvalue weighted by molar-refractivity contribution is 5.82. The number of ether oxygens (including phenoxy) is 1. The van der Waals surface area contributed by atoms with Gasteiger partial charge in [0.2, 0.25) is 0 Å². The Labute approximate surface area is 221 Å². The van der Waals surface area contributed by atoms with Gasteiger partial charge in [-0.3, -0.25) is 4.68 Å². The van der Waals surface area contributed by atoms with Crippen LogP contribution < -0.4 is 20.7 Å². The first-order valence-corrected chi connectivity index (χ1v) is 12.2. The minimum Gasteiger partial charge on any atom is -0.496 e. The number of aryl methyl sites for hydroxylation is 1. The van der Waals surface area contributed by atoms with Crippen molar-refractivity contribution in [2.45, 2.75) is 25.1 Å². The molecule has 0 saturated carbocycles. The van der Waals surface area contributed by atoms with Gasteiger partial charge in [0.1, 0.15) is 23.2 Å². The summed E-state index contributed by atoms with van der Waals surface area (Å²) in [5.74, 6) is 0.462. The van der Waals surface area contributed by atoms with Crippen LogP contribution in [0.4, 0.5) is 34.9 Å². The Kier molecular flexibility index (Phi) is 7.08. The lowest BCUT2D eigenvalue weighted by Crippen LogP contribution is -2.43. The molecule has 204 valence electrons. The molecule has 0 aliphatic carbocycles. The lowest BCUT2D eigenvalue weighted by atomic mass is 10.0. The summed E-state index contributed by atoms with van der Waals surface area (Å²) in [6.07, 6.45) is 1.15. The highest BCUT2D eigenvalue weighted by Crippen LogP contribution is 2.41. The Morgan fingerprint density at radius 1 is 1.13 bits per heavy atom. The van der Waals surface area contributed by atoms with Crippen molar-refractivity contribution in [3.63, 3.8) is 0 Å². The fourth-order valence-corrected chi connectivity index (χ4v) is 4.68. The van der Waals surface area contributed by atoms with Crippen LogP contribution in [-0.2, 0) is 13.2 Å². The fraction of sp³-hybridized carbons (Fsp3) is 0.308. The van der Waals surface area contributed by atoms with Crippen LogP contribution in [-0.4, -0.2) is 51.0 Å². The summed E-state index contributed by atoms with van der Waals surface area (Å²) in [5.41, 5.74) is 6.05. The molecule has 1 fully saturated rings. The number of aromatic nitrogens is 5. The molecule has 1 atom stereocenters. The molecule has 3 aromatic heterocycles. The maximum absolute atomic E-state index is 14.6. The summed E-state index contributed by atoms with van der Waals surface area (Å²) in [5, 5.41) is 6.72. The van der Waals surface area contributed by atoms with Crippen molar-refractivity contribution in [2.24, 2.45) is 12.8 Å². The number of nitrogens with one attached hydrogen (secondary N) is 1. The molecule has 0 unspecified atom stereocenters. The lowest BCUT2D eigenvalue weighted by molar-refractivity contribution is -0.140. The van der Waals surface area contributed by atoms with Crippen molar-refractivity contribution in [3.05, 3.63) is 60.4 Å². The maximum Gasteiger partial charge on any atom is 0.435 e. The standard InChI is InChI=1S/C26H26F4N8O/c1-37-14-17(24(36-37)26(28,29)30)16-12-33-22(11-19(16)38-10-4-5-15(31)13-38)34-21-8-9-32-25(35-21)23-18(27)6-3-7-20(23)39-2/h3,6-9,11-12,14-15H,4-5,10,13,31H2,1-2H3,(H,32,33,34,35)/t15-/m0/s1. The molecule has 3 N–H and O–H groups in total. The molecule has 0 radical (unpaired) electrons. The number of methoxy groups -OCH3 is 1. The van der Waals surface area contributed by atoms with Gasteiger partial charge in [-0.25, -0.2) is 19.3 Å². The first-order valence-electron chi connectivity index (χ1n) is 12.2. The molecule has 13 heteroatoms. The van der Waals surface area contributed by atoms with Crippen molar-refractivity contribution in [1.29, 1.82) is 0 Å². The van der Waals surface area contributed by atoms with Gasteiger partial charge in [-0.2, -0.15) is 18.3 Å². The maximum atomic E-state index is 14.6. The van der Waals surface area contributed by atoms with E-state index in [1.54, 1.807) is 18.2 Å². The second kappa shape index (κ2) is 10.5. The lowest BCUT2D eigenvalue weighted by Gasteiger charge is -2.34. The van der Waals surface area contributed by atoms with Gasteiger partial charge in [-0.1, -0.05) is 6.07 Å². The Morgan fingerprint density at radius 3 is 2.69 bits per heavy atom. The normalized spacial score (nSPS) is 15.9. The van der Waals surface area contributed by atoms with Crippen molar-refractivity contribution in [2.75, 3.05) is 30.4 Å². The number of piperidine rings is 1. The molecule has 4 heterocycles. The summed E-state index contributed by atoms with van der Waals surface area (Å²) in [6.45, 7) is 1.10. The molecule has 5 rings (SSSR count). The van der Waals surface area contributed by atoms with E-state index in [2.05, 4.69) is 25.4 Å². The topological polar surface area (TPSA) is 107 Å². The molecule has 1 aliphatic rings. The summed E-state index contributed by atoms with van der Waals surface area (Å²) < 4.78 is 62.5. The number of nitrogens with zero attached hydrogens (tertiary/aromatic N) is 6. The van der Waals surface area contributed by atoms with E-state index in [0.717, 1.165) is 17.5 Å². The van der Waals surface area contributed by atoms with E-state index >= 15 is 0 Å². The second-order valence-electron chi connectivity index (χ2n) is 9.21. The van der Waals surface area contributed by atoms with E-state index in [1.165, 1.54) is 44.9 Å². The average Bonchev–Trinajstić information content (AvgIpc) is 3.31. The summed E-state index contributed by atoms with van der Waals surface area (Å²) >= 11 is 0. The first-order chi connectivity index (χ1) is 18.6.